The van der Waals surface area contributed by atoms with Gasteiger partial charge in [0.05, 0.1) is 0 Å². The van der Waals surface area contributed by atoms with Gasteiger partial charge in [-0.3, -0.25) is 0 Å². The lowest BCUT2D eigenvalue weighted by molar-refractivity contribution is -0.697. The highest BCUT2D eigenvalue weighted by atomic mass is 35.5. The third-order valence-corrected chi connectivity index (χ3v) is 3.01. The van der Waals surface area contributed by atoms with Gasteiger partial charge < -0.3 is 12.4 Å². The molecule has 1 aromatic heterocycles. The fourth-order valence-corrected chi connectivity index (χ4v) is 1.97. The Bertz CT molecular complexity index is 286. The fourth-order valence-electron chi connectivity index (χ4n) is 1.97. The average Bonchev–Trinajstić information content (AvgIpc) is 2.33. The van der Waals surface area contributed by atoms with Crippen molar-refractivity contribution in [2.24, 2.45) is 0 Å². The molecule has 1 nitrogen and oxygen atoms in total. The summed E-state index contributed by atoms with van der Waals surface area (Å²) in [7, 11) is 0. The fraction of sp³-hybridized carbons (Fsp3) is 0.667. The summed E-state index contributed by atoms with van der Waals surface area (Å²) in [6, 6.07) is 4.43. The first-order valence-electron chi connectivity index (χ1n) is 6.84. The molecule has 0 unspecified atom stereocenters. The molecule has 0 atom stereocenters. The summed E-state index contributed by atoms with van der Waals surface area (Å²) in [5.74, 6) is 0. The average molecular weight is 256 g/mol. The van der Waals surface area contributed by atoms with E-state index in [-0.39, 0.29) is 12.4 Å². The van der Waals surface area contributed by atoms with Crippen LogP contribution in [0.5, 0.6) is 0 Å². The molecule has 0 N–H and O–H groups in total. The van der Waals surface area contributed by atoms with Gasteiger partial charge in [0.2, 0.25) is 0 Å². The largest absolute Gasteiger partial charge is 1.00 e. The second-order valence-electron chi connectivity index (χ2n) is 4.61. The van der Waals surface area contributed by atoms with E-state index >= 15 is 0 Å². The predicted molar refractivity (Wildman–Crippen MR) is 69.4 cm³/mol. The van der Waals surface area contributed by atoms with Crippen LogP contribution in [0, 0.1) is 0 Å². The van der Waals surface area contributed by atoms with Gasteiger partial charge in [-0.1, -0.05) is 33.1 Å². The minimum Gasteiger partial charge on any atom is -1.00 e. The van der Waals surface area contributed by atoms with Crippen molar-refractivity contribution in [2.45, 2.75) is 65.3 Å². The van der Waals surface area contributed by atoms with Crippen LogP contribution >= 0.6 is 0 Å². The SMILES string of the molecule is CCCCCC[n+]1cccc(CCCC)c1.[Cl-]. The lowest BCUT2D eigenvalue weighted by atomic mass is 10.1. The minimum absolute atomic E-state index is 0. The number of hydrogen-bond donors (Lipinski definition) is 0. The molecule has 1 heterocycles. The van der Waals surface area contributed by atoms with E-state index in [4.69, 9.17) is 0 Å². The van der Waals surface area contributed by atoms with Crippen molar-refractivity contribution in [3.05, 3.63) is 30.1 Å². The summed E-state index contributed by atoms with van der Waals surface area (Å²) < 4.78 is 2.35. The van der Waals surface area contributed by atoms with E-state index in [1.807, 2.05) is 0 Å². The third kappa shape index (κ3) is 7.38. The van der Waals surface area contributed by atoms with Crippen molar-refractivity contribution in [3.8, 4) is 0 Å². The molecule has 0 saturated carbocycles. The molecule has 17 heavy (non-hydrogen) atoms. The quantitative estimate of drug-likeness (QED) is 0.480. The van der Waals surface area contributed by atoms with E-state index in [9.17, 15) is 0 Å². The number of unbranched alkanes of at least 4 members (excludes halogenated alkanes) is 4. The monoisotopic (exact) mass is 255 g/mol. The molecule has 0 saturated heterocycles. The maximum absolute atomic E-state index is 2.35. The molecule has 1 rings (SSSR count). The van der Waals surface area contributed by atoms with Gasteiger partial charge >= 0.3 is 0 Å². The molecule has 0 amide bonds. The van der Waals surface area contributed by atoms with E-state index in [0.717, 1.165) is 0 Å². The van der Waals surface area contributed by atoms with Gasteiger partial charge in [0.15, 0.2) is 12.4 Å². The Balaban J connectivity index is 0.00000256. The van der Waals surface area contributed by atoms with Gasteiger partial charge in [-0.15, -0.1) is 0 Å². The molecular weight excluding hydrogens is 230 g/mol. The van der Waals surface area contributed by atoms with E-state index in [2.05, 4.69) is 42.9 Å². The van der Waals surface area contributed by atoms with Gasteiger partial charge in [-0.25, -0.2) is 4.57 Å². The molecule has 0 bridgehead atoms. The molecule has 0 aromatic carbocycles. The van der Waals surface area contributed by atoms with Crippen LogP contribution in [-0.2, 0) is 13.0 Å². The third-order valence-electron chi connectivity index (χ3n) is 3.01. The lowest BCUT2D eigenvalue weighted by Gasteiger charge is -2.00. The van der Waals surface area contributed by atoms with Crippen LogP contribution in [0.25, 0.3) is 0 Å². The van der Waals surface area contributed by atoms with Crippen LogP contribution < -0.4 is 17.0 Å². The number of halogens is 1. The molecular formula is C15H26ClN. The zero-order chi connectivity index (χ0) is 11.6. The number of nitrogens with zero attached hydrogens (tertiary/aromatic N) is 1. The first-order chi connectivity index (χ1) is 7.86. The molecule has 98 valence electrons. The van der Waals surface area contributed by atoms with Gasteiger partial charge in [0.25, 0.3) is 0 Å². The molecule has 0 fully saturated rings. The molecule has 0 aliphatic rings. The summed E-state index contributed by atoms with van der Waals surface area (Å²) in [4.78, 5) is 0. The zero-order valence-corrected chi connectivity index (χ0v) is 12.0. The van der Waals surface area contributed by atoms with Crippen LogP contribution in [0.3, 0.4) is 0 Å². The number of aromatic nitrogens is 1. The summed E-state index contributed by atoms with van der Waals surface area (Å²) in [6.07, 6.45) is 13.7. The van der Waals surface area contributed by atoms with Crippen molar-refractivity contribution in [2.75, 3.05) is 0 Å². The summed E-state index contributed by atoms with van der Waals surface area (Å²) in [5.41, 5.74) is 1.49. The van der Waals surface area contributed by atoms with Crippen LogP contribution in [0.4, 0.5) is 0 Å². The Hall–Kier alpha value is -0.560. The molecule has 0 radical (unpaired) electrons. The molecule has 2 heteroatoms. The lowest BCUT2D eigenvalue weighted by Crippen LogP contribution is -3.00. The van der Waals surface area contributed by atoms with Crippen LogP contribution in [0.1, 0.15) is 57.9 Å². The molecule has 0 spiro atoms. The van der Waals surface area contributed by atoms with E-state index in [0.29, 0.717) is 0 Å². The van der Waals surface area contributed by atoms with Crippen LogP contribution in [-0.4, -0.2) is 0 Å². The van der Waals surface area contributed by atoms with Gasteiger partial charge in [0.1, 0.15) is 6.54 Å². The smallest absolute Gasteiger partial charge is 0.171 e. The van der Waals surface area contributed by atoms with Crippen LogP contribution in [0.15, 0.2) is 24.5 Å². The molecule has 0 aliphatic heterocycles. The Morgan fingerprint density at radius 1 is 1.00 bits per heavy atom. The normalized spacial score (nSPS) is 10.0. The Morgan fingerprint density at radius 2 is 1.76 bits per heavy atom. The van der Waals surface area contributed by atoms with Crippen molar-refractivity contribution in [1.82, 2.24) is 0 Å². The number of hydrogen-bond acceptors (Lipinski definition) is 0. The number of aryl methyl sites for hydroxylation is 2. The Morgan fingerprint density at radius 3 is 2.47 bits per heavy atom. The minimum atomic E-state index is 0. The first kappa shape index (κ1) is 16.4. The second kappa shape index (κ2) is 10.6. The highest BCUT2D eigenvalue weighted by Crippen LogP contribution is 2.02. The zero-order valence-electron chi connectivity index (χ0n) is 11.3. The predicted octanol–water partition coefficient (Wildman–Crippen LogP) is 0.901. The summed E-state index contributed by atoms with van der Waals surface area (Å²) in [6.45, 7) is 5.69. The standard InChI is InChI=1S/C15H26N.ClH/c1-3-5-7-8-12-16-13-9-11-15(14-16)10-6-4-2;/h9,11,13-14H,3-8,10,12H2,1-2H3;1H/q+1;/p-1. The van der Waals surface area contributed by atoms with E-state index in [1.165, 1.54) is 57.1 Å². The maximum atomic E-state index is 2.35. The van der Waals surface area contributed by atoms with Crippen molar-refractivity contribution in [3.63, 3.8) is 0 Å². The number of rotatable bonds is 8. The first-order valence-corrected chi connectivity index (χ1v) is 6.84. The Kier molecular flexibility index (Phi) is 10.2. The highest BCUT2D eigenvalue weighted by Gasteiger charge is 2.02. The van der Waals surface area contributed by atoms with Crippen LogP contribution in [0.2, 0.25) is 0 Å². The van der Waals surface area contributed by atoms with Crippen molar-refractivity contribution >= 4 is 0 Å². The summed E-state index contributed by atoms with van der Waals surface area (Å²) in [5, 5.41) is 0. The van der Waals surface area contributed by atoms with E-state index < -0.39 is 0 Å². The maximum Gasteiger partial charge on any atom is 0.171 e. The van der Waals surface area contributed by atoms with E-state index in [1.54, 1.807) is 0 Å². The Labute approximate surface area is 113 Å². The van der Waals surface area contributed by atoms with Crippen molar-refractivity contribution < 1.29 is 17.0 Å². The molecule has 0 aliphatic carbocycles. The number of pyridine rings is 1. The van der Waals surface area contributed by atoms with Crippen molar-refractivity contribution in [1.29, 1.82) is 0 Å². The molecule has 1 aromatic rings. The second-order valence-corrected chi connectivity index (χ2v) is 4.61. The topological polar surface area (TPSA) is 3.88 Å². The summed E-state index contributed by atoms with van der Waals surface area (Å²) >= 11 is 0. The van der Waals surface area contributed by atoms with Gasteiger partial charge in [0, 0.05) is 18.1 Å². The van der Waals surface area contributed by atoms with Gasteiger partial charge in [-0.05, 0) is 25.3 Å². The van der Waals surface area contributed by atoms with Gasteiger partial charge in [-0.2, -0.15) is 0 Å². The highest BCUT2D eigenvalue weighted by molar-refractivity contribution is 5.05.